The lowest BCUT2D eigenvalue weighted by Crippen LogP contribution is -2.30. The second kappa shape index (κ2) is 52.7. The number of esters is 2. The third kappa shape index (κ3) is 50.0. The maximum Gasteiger partial charge on any atom is 0.306 e. The zero-order valence-corrected chi connectivity index (χ0v) is 41.1. The minimum absolute atomic E-state index is 0.0704. The van der Waals surface area contributed by atoms with Gasteiger partial charge in [-0.05, 0) is 103 Å². The molecule has 0 spiro atoms. The van der Waals surface area contributed by atoms with Crippen molar-refractivity contribution in [2.24, 2.45) is 0 Å². The van der Waals surface area contributed by atoms with Gasteiger partial charge in [-0.25, -0.2) is 0 Å². The van der Waals surface area contributed by atoms with Crippen LogP contribution in [-0.2, 0) is 23.8 Å². The highest BCUT2D eigenvalue weighted by Crippen LogP contribution is 2.14. The molecule has 0 aliphatic heterocycles. The summed E-state index contributed by atoms with van der Waals surface area (Å²) < 4.78 is 17.4. The summed E-state index contributed by atoms with van der Waals surface area (Å²) in [5.41, 5.74) is 0. The van der Waals surface area contributed by atoms with Crippen molar-refractivity contribution >= 4 is 11.9 Å². The van der Waals surface area contributed by atoms with Crippen molar-refractivity contribution in [1.29, 1.82) is 0 Å². The van der Waals surface area contributed by atoms with Crippen LogP contribution in [0, 0.1) is 0 Å². The Labute approximate surface area is 385 Å². The summed E-state index contributed by atoms with van der Waals surface area (Å²) in [5, 5.41) is 0. The first-order chi connectivity index (χ1) is 30.6. The van der Waals surface area contributed by atoms with Crippen molar-refractivity contribution in [3.05, 3.63) is 72.9 Å². The predicted octanol–water partition coefficient (Wildman–Crippen LogP) is 17.9. The molecule has 0 saturated carbocycles. The second-order valence-corrected chi connectivity index (χ2v) is 17.4. The fraction of sp³-hybridized carbons (Fsp3) is 0.754. The number of allylic oxidation sites excluding steroid dienone is 12. The van der Waals surface area contributed by atoms with Gasteiger partial charge in [0.25, 0.3) is 0 Å². The zero-order valence-electron chi connectivity index (χ0n) is 41.1. The summed E-state index contributed by atoms with van der Waals surface area (Å²) in [7, 11) is 0. The van der Waals surface area contributed by atoms with E-state index in [4.69, 9.17) is 14.2 Å². The Balaban J connectivity index is 4.29. The largest absolute Gasteiger partial charge is 0.462 e. The van der Waals surface area contributed by atoms with E-state index in [0.717, 1.165) is 96.3 Å². The van der Waals surface area contributed by atoms with E-state index >= 15 is 0 Å². The van der Waals surface area contributed by atoms with Crippen LogP contribution in [0.1, 0.15) is 252 Å². The van der Waals surface area contributed by atoms with Gasteiger partial charge in [0.15, 0.2) is 6.10 Å². The summed E-state index contributed by atoms with van der Waals surface area (Å²) in [6.07, 6.45) is 67.7. The molecule has 5 nitrogen and oxygen atoms in total. The summed E-state index contributed by atoms with van der Waals surface area (Å²) in [6, 6.07) is 0. The summed E-state index contributed by atoms with van der Waals surface area (Å²) >= 11 is 0. The highest BCUT2D eigenvalue weighted by molar-refractivity contribution is 5.70. The van der Waals surface area contributed by atoms with Crippen LogP contribution in [0.25, 0.3) is 0 Å². The fourth-order valence-corrected chi connectivity index (χ4v) is 7.26. The Kier molecular flexibility index (Phi) is 50.4. The molecule has 0 aromatic heterocycles. The number of carbonyl (C=O) groups is 2. The molecule has 62 heavy (non-hydrogen) atoms. The van der Waals surface area contributed by atoms with E-state index in [9.17, 15) is 9.59 Å². The highest BCUT2D eigenvalue weighted by atomic mass is 16.6. The smallest absolute Gasteiger partial charge is 0.306 e. The number of hydrogen-bond acceptors (Lipinski definition) is 5. The van der Waals surface area contributed by atoms with Gasteiger partial charge in [0.05, 0.1) is 6.61 Å². The monoisotopic (exact) mass is 865 g/mol. The van der Waals surface area contributed by atoms with E-state index in [1.165, 1.54) is 122 Å². The van der Waals surface area contributed by atoms with Crippen LogP contribution < -0.4 is 0 Å². The standard InChI is InChI=1S/C57H100O5/c1-4-7-10-13-16-19-22-25-27-29-30-33-35-38-41-44-47-50-56(58)61-54-55(62-57(59)51-48-45-42-39-36-32-24-21-18-15-12-9-6-3)53-60-52-49-46-43-40-37-34-31-28-26-23-20-17-14-11-8-5-2/h7,10,12,15-16,19,21,24-28,55H,4-6,8-9,11,13-14,17-18,20,22-23,29-54H2,1-3H3/b10-7-,15-12-,19-16-,24-21-,27-25-,28-26-. The van der Waals surface area contributed by atoms with Crippen LogP contribution in [0.5, 0.6) is 0 Å². The Morgan fingerprint density at radius 3 is 1.24 bits per heavy atom. The van der Waals surface area contributed by atoms with Crippen LogP contribution in [0.4, 0.5) is 0 Å². The highest BCUT2D eigenvalue weighted by Gasteiger charge is 2.17. The SMILES string of the molecule is CC/C=C\C/C=C\C/C=C\CCCCCCCCCC(=O)OCC(COCCCCCCCC/C=C\CCCCCCCC)OC(=O)CCCCCCC/C=C\C/C=C\CCC. The number of carbonyl (C=O) groups excluding carboxylic acids is 2. The average molecular weight is 865 g/mol. The van der Waals surface area contributed by atoms with Crippen molar-refractivity contribution in [2.45, 2.75) is 258 Å². The number of hydrogen-bond donors (Lipinski definition) is 0. The lowest BCUT2D eigenvalue weighted by molar-refractivity contribution is -0.163. The average Bonchev–Trinajstić information content (AvgIpc) is 3.27. The molecule has 0 aliphatic rings. The Morgan fingerprint density at radius 2 is 0.758 bits per heavy atom. The van der Waals surface area contributed by atoms with Gasteiger partial charge < -0.3 is 14.2 Å². The van der Waals surface area contributed by atoms with E-state index in [1.54, 1.807) is 0 Å². The van der Waals surface area contributed by atoms with E-state index in [0.29, 0.717) is 19.4 Å². The van der Waals surface area contributed by atoms with Crippen molar-refractivity contribution < 1.29 is 23.8 Å². The first-order valence-electron chi connectivity index (χ1n) is 26.5. The van der Waals surface area contributed by atoms with Crippen molar-refractivity contribution in [2.75, 3.05) is 19.8 Å². The Bertz CT molecular complexity index is 1110. The summed E-state index contributed by atoms with van der Waals surface area (Å²) in [5.74, 6) is -0.425. The molecule has 0 aromatic carbocycles. The topological polar surface area (TPSA) is 61.8 Å². The third-order valence-electron chi connectivity index (χ3n) is 11.2. The molecule has 0 aromatic rings. The van der Waals surface area contributed by atoms with Gasteiger partial charge in [-0.3, -0.25) is 9.59 Å². The molecule has 1 atom stereocenters. The minimum atomic E-state index is -0.552. The molecular formula is C57H100O5. The maximum atomic E-state index is 12.8. The van der Waals surface area contributed by atoms with Crippen LogP contribution in [-0.4, -0.2) is 37.9 Å². The van der Waals surface area contributed by atoms with Crippen LogP contribution in [0.2, 0.25) is 0 Å². The van der Waals surface area contributed by atoms with E-state index < -0.39 is 6.10 Å². The number of rotatable bonds is 48. The molecule has 0 aliphatic carbocycles. The van der Waals surface area contributed by atoms with Crippen LogP contribution in [0.15, 0.2) is 72.9 Å². The molecule has 0 bridgehead atoms. The van der Waals surface area contributed by atoms with Gasteiger partial charge in [-0.1, -0.05) is 209 Å². The molecule has 0 fully saturated rings. The lowest BCUT2D eigenvalue weighted by atomic mass is 10.1. The van der Waals surface area contributed by atoms with E-state index in [2.05, 4.69) is 93.7 Å². The minimum Gasteiger partial charge on any atom is -0.462 e. The molecule has 0 radical (unpaired) electrons. The molecular weight excluding hydrogens is 765 g/mol. The van der Waals surface area contributed by atoms with Gasteiger partial charge in [-0.15, -0.1) is 0 Å². The van der Waals surface area contributed by atoms with Gasteiger partial charge in [0, 0.05) is 19.4 Å². The number of unbranched alkanes of at least 4 members (excludes halogenated alkanes) is 25. The molecule has 0 saturated heterocycles. The molecule has 5 heteroatoms. The molecule has 0 rings (SSSR count). The van der Waals surface area contributed by atoms with Gasteiger partial charge in [-0.2, -0.15) is 0 Å². The van der Waals surface area contributed by atoms with Crippen molar-refractivity contribution in [1.82, 2.24) is 0 Å². The quantitative estimate of drug-likeness (QED) is 0.0346. The summed E-state index contributed by atoms with van der Waals surface area (Å²) in [6.45, 7) is 7.63. The van der Waals surface area contributed by atoms with E-state index in [1.807, 2.05) is 0 Å². The second-order valence-electron chi connectivity index (χ2n) is 17.4. The van der Waals surface area contributed by atoms with Crippen molar-refractivity contribution in [3.63, 3.8) is 0 Å². The molecule has 1 unspecified atom stereocenters. The van der Waals surface area contributed by atoms with Crippen LogP contribution in [0.3, 0.4) is 0 Å². The summed E-state index contributed by atoms with van der Waals surface area (Å²) in [4.78, 5) is 25.4. The first kappa shape index (κ1) is 59.3. The van der Waals surface area contributed by atoms with Crippen molar-refractivity contribution in [3.8, 4) is 0 Å². The zero-order chi connectivity index (χ0) is 44.9. The van der Waals surface area contributed by atoms with Gasteiger partial charge in [0.1, 0.15) is 6.61 Å². The maximum absolute atomic E-state index is 12.8. The Morgan fingerprint density at radius 1 is 0.371 bits per heavy atom. The molecule has 0 amide bonds. The normalized spacial score (nSPS) is 12.8. The predicted molar refractivity (Wildman–Crippen MR) is 270 cm³/mol. The Hall–Kier alpha value is -2.66. The molecule has 0 heterocycles. The van der Waals surface area contributed by atoms with Gasteiger partial charge in [0.2, 0.25) is 0 Å². The fourth-order valence-electron chi connectivity index (χ4n) is 7.26. The number of ether oxygens (including phenoxy) is 3. The third-order valence-corrected chi connectivity index (χ3v) is 11.2. The molecule has 358 valence electrons. The van der Waals surface area contributed by atoms with Crippen LogP contribution >= 0.6 is 0 Å². The van der Waals surface area contributed by atoms with Gasteiger partial charge >= 0.3 is 11.9 Å². The van der Waals surface area contributed by atoms with E-state index in [-0.39, 0.29) is 25.2 Å². The lowest BCUT2D eigenvalue weighted by Gasteiger charge is -2.18. The first-order valence-corrected chi connectivity index (χ1v) is 26.5. The molecule has 0 N–H and O–H groups in total.